The van der Waals surface area contributed by atoms with Gasteiger partial charge < -0.3 is 0 Å². The van der Waals surface area contributed by atoms with E-state index in [9.17, 15) is 0 Å². The highest BCUT2D eigenvalue weighted by molar-refractivity contribution is 6.59. The highest BCUT2D eigenvalue weighted by Crippen LogP contribution is 2.39. The highest BCUT2D eigenvalue weighted by Gasteiger charge is 2.24. The van der Waals surface area contributed by atoms with E-state index in [0.717, 1.165) is 17.0 Å². The molecule has 1 aliphatic carbocycles. The summed E-state index contributed by atoms with van der Waals surface area (Å²) in [7, 11) is -0.0852. The Balaban J connectivity index is 1.33. The minimum atomic E-state index is -0.0852. The van der Waals surface area contributed by atoms with Crippen molar-refractivity contribution in [2.75, 3.05) is 0 Å². The average molecular weight is 464 g/mol. The van der Waals surface area contributed by atoms with Gasteiger partial charge in [0, 0.05) is 14.4 Å². The van der Waals surface area contributed by atoms with Crippen LogP contribution in [0.3, 0.4) is 0 Å². The molecule has 0 bridgehead atoms. The van der Waals surface area contributed by atoms with E-state index in [1.54, 1.807) is 0 Å². The summed E-state index contributed by atoms with van der Waals surface area (Å²) in [6, 6.07) is 19.4. The molecule has 2 aliphatic rings. The van der Waals surface area contributed by atoms with Crippen molar-refractivity contribution >= 4 is 8.80 Å². The van der Waals surface area contributed by atoms with Crippen LogP contribution in [0.1, 0.15) is 107 Å². The van der Waals surface area contributed by atoms with Crippen molar-refractivity contribution in [2.24, 2.45) is 5.92 Å². The minimum absolute atomic E-state index is 0.0482. The van der Waals surface area contributed by atoms with Gasteiger partial charge in [-0.15, -0.1) is 0 Å². The molecule has 1 saturated heterocycles. The summed E-state index contributed by atoms with van der Waals surface area (Å²) in [4.78, 5) is 0. The van der Waals surface area contributed by atoms with Gasteiger partial charge in [-0.2, -0.15) is 0 Å². The number of halogens is 1. The first-order valence-electron chi connectivity index (χ1n) is 13.9. The van der Waals surface area contributed by atoms with E-state index in [2.05, 4.69) is 44.2 Å². The van der Waals surface area contributed by atoms with E-state index < -0.39 is 0 Å². The van der Waals surface area contributed by atoms with Gasteiger partial charge in [-0.3, -0.25) is 0 Å². The van der Waals surface area contributed by atoms with Crippen molar-refractivity contribution in [3.63, 3.8) is 0 Å². The third kappa shape index (κ3) is 6.59. The summed E-state index contributed by atoms with van der Waals surface area (Å²) in [5, 5.41) is 0. The molecule has 1 heterocycles. The van der Waals surface area contributed by atoms with Crippen LogP contribution in [0.4, 0.5) is 4.39 Å². The van der Waals surface area contributed by atoms with Crippen molar-refractivity contribution in [2.45, 2.75) is 114 Å². The quantitative estimate of drug-likeness (QED) is 0.256. The smallest absolute Gasteiger partial charge is 0.131 e. The van der Waals surface area contributed by atoms with Gasteiger partial charge in [0.2, 0.25) is 0 Å². The van der Waals surface area contributed by atoms with E-state index >= 15 is 4.39 Å². The van der Waals surface area contributed by atoms with Crippen LogP contribution in [0, 0.1) is 11.7 Å². The van der Waals surface area contributed by atoms with Crippen LogP contribution in [0.2, 0.25) is 18.1 Å². The first-order chi connectivity index (χ1) is 16.2. The lowest BCUT2D eigenvalue weighted by Gasteiger charge is -2.29. The molecule has 0 aromatic heterocycles. The predicted octanol–water partition coefficient (Wildman–Crippen LogP) is 10.1. The van der Waals surface area contributed by atoms with Crippen LogP contribution < -0.4 is 0 Å². The van der Waals surface area contributed by atoms with Crippen molar-refractivity contribution in [3.8, 4) is 11.1 Å². The monoisotopic (exact) mass is 463 g/mol. The molecule has 0 N–H and O–H groups in total. The van der Waals surface area contributed by atoms with Crippen LogP contribution >= 0.6 is 0 Å². The number of hydrogen-bond donors (Lipinski definition) is 0. The summed E-state index contributed by atoms with van der Waals surface area (Å²) < 4.78 is 15.1. The van der Waals surface area contributed by atoms with Crippen LogP contribution in [0.15, 0.2) is 42.5 Å². The van der Waals surface area contributed by atoms with E-state index in [4.69, 9.17) is 0 Å². The Labute approximate surface area is 204 Å². The molecule has 2 aromatic rings. The van der Waals surface area contributed by atoms with Gasteiger partial charge >= 0.3 is 0 Å². The number of hydrogen-bond acceptors (Lipinski definition) is 0. The molecule has 0 nitrogen and oxygen atoms in total. The fourth-order valence-electron chi connectivity index (χ4n) is 6.38. The van der Waals surface area contributed by atoms with Crippen molar-refractivity contribution < 1.29 is 4.39 Å². The van der Waals surface area contributed by atoms with E-state index in [0.29, 0.717) is 11.8 Å². The lowest BCUT2D eigenvalue weighted by molar-refractivity contribution is 0.308. The summed E-state index contributed by atoms with van der Waals surface area (Å²) >= 11 is 0. The molecule has 4 rings (SSSR count). The summed E-state index contributed by atoms with van der Waals surface area (Å²) in [6.07, 6.45) is 14.7. The number of benzene rings is 2. The summed E-state index contributed by atoms with van der Waals surface area (Å²) in [6.45, 7) is 4.59. The molecule has 0 spiro atoms. The Bertz CT molecular complexity index is 842. The molecule has 2 aromatic carbocycles. The van der Waals surface area contributed by atoms with Gasteiger partial charge in [-0.05, 0) is 79.0 Å². The molecule has 0 amide bonds. The van der Waals surface area contributed by atoms with Gasteiger partial charge in [0.05, 0.1) is 0 Å². The molecule has 1 saturated carbocycles. The van der Waals surface area contributed by atoms with Gasteiger partial charge in [-0.25, -0.2) is 4.39 Å². The zero-order valence-electron chi connectivity index (χ0n) is 21.1. The van der Waals surface area contributed by atoms with Gasteiger partial charge in [0.25, 0.3) is 0 Å². The zero-order chi connectivity index (χ0) is 23.0. The summed E-state index contributed by atoms with van der Waals surface area (Å²) in [5.74, 6) is 2.11. The van der Waals surface area contributed by atoms with Crippen LogP contribution in [0.5, 0.6) is 0 Å². The van der Waals surface area contributed by atoms with Crippen molar-refractivity contribution in [3.05, 3.63) is 59.4 Å². The summed E-state index contributed by atoms with van der Waals surface area (Å²) in [5.41, 5.74) is 4.46. The SMILES string of the molecule is CCCCC[Si]1CCC(c2ccc(-c3ccc(C4CCC(CCC)CC4)cc3F)cc2)CC1. The molecule has 2 fully saturated rings. The maximum Gasteiger partial charge on any atom is 0.131 e. The Hall–Kier alpha value is -1.41. The maximum absolute atomic E-state index is 15.1. The fraction of sp³-hybridized carbons (Fsp3) is 0.613. The molecular formula is C31H44FSi. The lowest BCUT2D eigenvalue weighted by atomic mass is 9.77. The average Bonchev–Trinajstić information content (AvgIpc) is 2.85. The number of rotatable bonds is 9. The second-order valence-corrected chi connectivity index (χ2v) is 13.8. The molecule has 33 heavy (non-hydrogen) atoms. The Morgan fingerprint density at radius 1 is 0.758 bits per heavy atom. The molecule has 2 heteroatoms. The normalized spacial score (nSPS) is 22.5. The Morgan fingerprint density at radius 3 is 2.06 bits per heavy atom. The Kier molecular flexibility index (Phi) is 9.24. The third-order valence-electron chi connectivity index (χ3n) is 8.53. The maximum atomic E-state index is 15.1. The fourth-order valence-corrected chi connectivity index (χ4v) is 9.39. The van der Waals surface area contributed by atoms with Crippen molar-refractivity contribution in [1.29, 1.82) is 0 Å². The molecule has 0 atom stereocenters. The highest BCUT2D eigenvalue weighted by atomic mass is 28.3. The first kappa shape index (κ1) is 24.7. The first-order valence-corrected chi connectivity index (χ1v) is 16.0. The lowest BCUT2D eigenvalue weighted by Crippen LogP contribution is -2.20. The molecule has 1 radical (unpaired) electrons. The standard InChI is InChI=1S/C31H44FSi/c1-3-5-6-20-33-21-18-27(19-22-33)25-12-14-28(15-13-25)30-17-16-29(23-31(30)32)26-10-8-24(7-4-2)9-11-26/h12-17,23-24,26-27H,3-11,18-22H2,1-2H3. The minimum Gasteiger partial charge on any atom is -0.206 e. The van der Waals surface area contributed by atoms with Crippen molar-refractivity contribution in [1.82, 2.24) is 0 Å². The zero-order valence-corrected chi connectivity index (χ0v) is 22.1. The second-order valence-electron chi connectivity index (χ2n) is 10.8. The number of unbranched alkanes of at least 4 members (excludes halogenated alkanes) is 2. The van der Waals surface area contributed by atoms with E-state index in [-0.39, 0.29) is 14.6 Å². The predicted molar refractivity (Wildman–Crippen MR) is 143 cm³/mol. The van der Waals surface area contributed by atoms with Gasteiger partial charge in [-0.1, -0.05) is 100 Å². The van der Waals surface area contributed by atoms with Crippen LogP contribution in [-0.4, -0.2) is 8.80 Å². The molecule has 1 aliphatic heterocycles. The topological polar surface area (TPSA) is 0 Å². The molecular weight excluding hydrogens is 419 g/mol. The molecule has 0 unspecified atom stereocenters. The molecule has 179 valence electrons. The van der Waals surface area contributed by atoms with Gasteiger partial charge in [0.1, 0.15) is 5.82 Å². The van der Waals surface area contributed by atoms with Crippen LogP contribution in [0.25, 0.3) is 11.1 Å². The Morgan fingerprint density at radius 2 is 1.42 bits per heavy atom. The van der Waals surface area contributed by atoms with Crippen LogP contribution in [-0.2, 0) is 0 Å². The largest absolute Gasteiger partial charge is 0.206 e. The second kappa shape index (κ2) is 12.3. The third-order valence-corrected chi connectivity index (χ3v) is 11.6. The van der Waals surface area contributed by atoms with E-state index in [1.165, 1.54) is 99.9 Å². The van der Waals surface area contributed by atoms with E-state index in [1.807, 2.05) is 12.1 Å². The van der Waals surface area contributed by atoms with Gasteiger partial charge in [0.15, 0.2) is 0 Å².